The Kier molecular flexibility index (Phi) is 3.43. The smallest absolute Gasteiger partial charge is 0.338 e. The van der Waals surface area contributed by atoms with E-state index < -0.39 is 5.97 Å². The van der Waals surface area contributed by atoms with Crippen LogP contribution in [0.1, 0.15) is 23.2 Å². The quantitative estimate of drug-likeness (QED) is 0.809. The van der Waals surface area contributed by atoms with Gasteiger partial charge in [0, 0.05) is 12.7 Å². The Labute approximate surface area is 98.4 Å². The second kappa shape index (κ2) is 5.01. The number of aromatic carboxylic acids is 1. The van der Waals surface area contributed by atoms with Gasteiger partial charge in [-0.3, -0.25) is 0 Å². The zero-order valence-electron chi connectivity index (χ0n) is 9.26. The molecule has 0 bridgehead atoms. The molecule has 0 radical (unpaired) electrons. The third kappa shape index (κ3) is 2.85. The predicted molar refractivity (Wildman–Crippen MR) is 60.1 cm³/mol. The summed E-state index contributed by atoms with van der Waals surface area (Å²) in [5.41, 5.74) is 5.61. The van der Waals surface area contributed by atoms with E-state index in [1.807, 2.05) is 0 Å². The molecule has 1 unspecified atom stereocenters. The lowest BCUT2D eigenvalue weighted by Gasteiger charge is -2.11. The highest BCUT2D eigenvalue weighted by atomic mass is 16.5. The van der Waals surface area contributed by atoms with Gasteiger partial charge < -0.3 is 20.3 Å². The number of carboxylic acids is 1. The SMILES string of the molecule is Nc1cnc(OCC2CCCO2)cc1C(=O)O. The molecule has 1 atom stereocenters. The van der Waals surface area contributed by atoms with Crippen LogP contribution in [0.25, 0.3) is 0 Å². The van der Waals surface area contributed by atoms with Crippen molar-refractivity contribution in [2.45, 2.75) is 18.9 Å². The Hall–Kier alpha value is -1.82. The molecule has 1 fully saturated rings. The van der Waals surface area contributed by atoms with Crippen molar-refractivity contribution in [2.75, 3.05) is 18.9 Å². The Morgan fingerprint density at radius 2 is 2.53 bits per heavy atom. The van der Waals surface area contributed by atoms with Gasteiger partial charge in [-0.25, -0.2) is 9.78 Å². The minimum absolute atomic E-state index is 0.00217. The molecule has 17 heavy (non-hydrogen) atoms. The lowest BCUT2D eigenvalue weighted by Crippen LogP contribution is -2.17. The van der Waals surface area contributed by atoms with Crippen LogP contribution in [0.3, 0.4) is 0 Å². The van der Waals surface area contributed by atoms with Gasteiger partial charge in [-0.2, -0.15) is 0 Å². The summed E-state index contributed by atoms with van der Waals surface area (Å²) in [5.74, 6) is -0.834. The Morgan fingerprint density at radius 1 is 1.71 bits per heavy atom. The van der Waals surface area contributed by atoms with Crippen LogP contribution in [0.4, 0.5) is 5.69 Å². The van der Waals surface area contributed by atoms with Gasteiger partial charge >= 0.3 is 5.97 Å². The zero-order chi connectivity index (χ0) is 12.3. The Morgan fingerprint density at radius 3 is 3.18 bits per heavy atom. The number of rotatable bonds is 4. The standard InChI is InChI=1S/C11H14N2O4/c12-9-5-13-10(4-8(9)11(14)15)17-6-7-2-1-3-16-7/h4-5,7H,1-3,6,12H2,(H,14,15). The number of ether oxygens (including phenoxy) is 2. The average Bonchev–Trinajstić information content (AvgIpc) is 2.80. The predicted octanol–water partition coefficient (Wildman–Crippen LogP) is 0.920. The molecule has 0 saturated carbocycles. The lowest BCUT2D eigenvalue weighted by molar-refractivity contribution is 0.0658. The van der Waals surface area contributed by atoms with Crippen molar-refractivity contribution in [3.8, 4) is 5.88 Å². The van der Waals surface area contributed by atoms with E-state index in [9.17, 15) is 4.79 Å². The summed E-state index contributed by atoms with van der Waals surface area (Å²) in [5, 5.41) is 8.88. The van der Waals surface area contributed by atoms with E-state index in [0.29, 0.717) is 6.61 Å². The monoisotopic (exact) mass is 238 g/mol. The first-order chi connectivity index (χ1) is 8.16. The number of hydrogen-bond donors (Lipinski definition) is 2. The largest absolute Gasteiger partial charge is 0.478 e. The van der Waals surface area contributed by atoms with Gasteiger partial charge in [0.25, 0.3) is 0 Å². The van der Waals surface area contributed by atoms with Crippen molar-refractivity contribution in [3.63, 3.8) is 0 Å². The molecule has 1 aromatic heterocycles. The summed E-state index contributed by atoms with van der Waals surface area (Å²) >= 11 is 0. The fourth-order valence-corrected chi connectivity index (χ4v) is 1.67. The normalized spacial score (nSPS) is 19.2. The van der Waals surface area contributed by atoms with Gasteiger partial charge in [0.2, 0.25) is 5.88 Å². The van der Waals surface area contributed by atoms with Crippen LogP contribution in [-0.4, -0.2) is 35.4 Å². The summed E-state index contributed by atoms with van der Waals surface area (Å²) in [6.45, 7) is 1.14. The fraction of sp³-hybridized carbons (Fsp3) is 0.455. The van der Waals surface area contributed by atoms with E-state index in [-0.39, 0.29) is 23.2 Å². The maximum atomic E-state index is 10.8. The van der Waals surface area contributed by atoms with Crippen LogP contribution in [0.5, 0.6) is 5.88 Å². The number of carboxylic acid groups (broad SMARTS) is 1. The highest BCUT2D eigenvalue weighted by Crippen LogP contribution is 2.18. The average molecular weight is 238 g/mol. The number of aromatic nitrogens is 1. The first-order valence-corrected chi connectivity index (χ1v) is 5.40. The Balaban J connectivity index is 2.00. The van der Waals surface area contributed by atoms with Gasteiger partial charge in [0.1, 0.15) is 6.61 Å². The molecule has 1 aliphatic rings. The number of anilines is 1. The number of nitrogen functional groups attached to an aromatic ring is 1. The third-order valence-corrected chi connectivity index (χ3v) is 2.58. The van der Waals surface area contributed by atoms with Crippen LogP contribution in [0, 0.1) is 0 Å². The van der Waals surface area contributed by atoms with Gasteiger partial charge in [0.15, 0.2) is 0 Å². The minimum Gasteiger partial charge on any atom is -0.478 e. The Bertz CT molecular complexity index is 416. The molecule has 2 heterocycles. The maximum Gasteiger partial charge on any atom is 0.338 e. The molecule has 1 aromatic rings. The second-order valence-corrected chi connectivity index (χ2v) is 3.86. The summed E-state index contributed by atoms with van der Waals surface area (Å²) in [6.07, 6.45) is 3.35. The van der Waals surface area contributed by atoms with E-state index in [1.54, 1.807) is 0 Å². The topological polar surface area (TPSA) is 94.7 Å². The molecule has 0 spiro atoms. The number of nitrogens with two attached hydrogens (primary N) is 1. The molecule has 6 nitrogen and oxygen atoms in total. The molecule has 6 heteroatoms. The zero-order valence-corrected chi connectivity index (χ0v) is 9.26. The third-order valence-electron chi connectivity index (χ3n) is 2.58. The van der Waals surface area contributed by atoms with Gasteiger partial charge in [-0.15, -0.1) is 0 Å². The molecular weight excluding hydrogens is 224 g/mol. The summed E-state index contributed by atoms with van der Waals surface area (Å²) in [7, 11) is 0. The first kappa shape index (κ1) is 11.7. The van der Waals surface area contributed by atoms with E-state index in [4.69, 9.17) is 20.3 Å². The molecule has 0 aromatic carbocycles. The van der Waals surface area contributed by atoms with Gasteiger partial charge in [0.05, 0.1) is 23.6 Å². The van der Waals surface area contributed by atoms with Crippen molar-refractivity contribution in [2.24, 2.45) is 0 Å². The molecule has 0 aliphatic carbocycles. The molecule has 92 valence electrons. The second-order valence-electron chi connectivity index (χ2n) is 3.86. The lowest BCUT2D eigenvalue weighted by atomic mass is 10.2. The van der Waals surface area contributed by atoms with Crippen molar-refractivity contribution < 1.29 is 19.4 Å². The summed E-state index contributed by atoms with van der Waals surface area (Å²) in [4.78, 5) is 14.8. The van der Waals surface area contributed by atoms with Crippen LogP contribution in [-0.2, 0) is 4.74 Å². The van der Waals surface area contributed by atoms with E-state index in [2.05, 4.69) is 4.98 Å². The highest BCUT2D eigenvalue weighted by molar-refractivity contribution is 5.93. The first-order valence-electron chi connectivity index (χ1n) is 5.40. The van der Waals surface area contributed by atoms with Crippen LogP contribution in [0.15, 0.2) is 12.3 Å². The van der Waals surface area contributed by atoms with Crippen molar-refractivity contribution in [1.82, 2.24) is 4.98 Å². The molecular formula is C11H14N2O4. The van der Waals surface area contributed by atoms with Crippen LogP contribution >= 0.6 is 0 Å². The number of nitrogens with zero attached hydrogens (tertiary/aromatic N) is 1. The number of carbonyl (C=O) groups is 1. The van der Waals surface area contributed by atoms with Crippen LogP contribution < -0.4 is 10.5 Å². The van der Waals surface area contributed by atoms with E-state index in [1.165, 1.54) is 12.3 Å². The molecule has 3 N–H and O–H groups in total. The van der Waals surface area contributed by atoms with E-state index >= 15 is 0 Å². The molecule has 0 amide bonds. The molecule has 1 saturated heterocycles. The van der Waals surface area contributed by atoms with Crippen molar-refractivity contribution in [3.05, 3.63) is 17.8 Å². The maximum absolute atomic E-state index is 10.8. The summed E-state index contributed by atoms with van der Waals surface area (Å²) in [6, 6.07) is 1.33. The number of pyridine rings is 1. The number of hydrogen-bond acceptors (Lipinski definition) is 5. The fourth-order valence-electron chi connectivity index (χ4n) is 1.67. The van der Waals surface area contributed by atoms with Gasteiger partial charge in [-0.05, 0) is 12.8 Å². The highest BCUT2D eigenvalue weighted by Gasteiger charge is 2.17. The minimum atomic E-state index is -1.09. The van der Waals surface area contributed by atoms with Crippen LogP contribution in [0.2, 0.25) is 0 Å². The van der Waals surface area contributed by atoms with Crippen molar-refractivity contribution >= 4 is 11.7 Å². The van der Waals surface area contributed by atoms with E-state index in [0.717, 1.165) is 19.4 Å². The van der Waals surface area contributed by atoms with Gasteiger partial charge in [-0.1, -0.05) is 0 Å². The van der Waals surface area contributed by atoms with Crippen molar-refractivity contribution in [1.29, 1.82) is 0 Å². The molecule has 2 rings (SSSR count). The molecule has 1 aliphatic heterocycles. The summed E-state index contributed by atoms with van der Waals surface area (Å²) < 4.78 is 10.8.